The molecule has 0 radical (unpaired) electrons. The van der Waals surface area contributed by atoms with Crippen molar-refractivity contribution in [3.63, 3.8) is 0 Å². The molecule has 2 N–H and O–H groups in total. The molecule has 0 bridgehead atoms. The Morgan fingerprint density at radius 1 is 1.00 bits per heavy atom. The summed E-state index contributed by atoms with van der Waals surface area (Å²) < 4.78 is 6.47. The van der Waals surface area contributed by atoms with Crippen molar-refractivity contribution in [2.24, 2.45) is 23.7 Å². The van der Waals surface area contributed by atoms with E-state index in [1.54, 1.807) is 12.1 Å². The van der Waals surface area contributed by atoms with E-state index in [1.807, 2.05) is 60.7 Å². The number of nitrogens with one attached hydrogen (secondary N) is 1. The first-order valence-electron chi connectivity index (χ1n) is 16.1. The van der Waals surface area contributed by atoms with Crippen LogP contribution in [0.4, 0.5) is 17.1 Å². The largest absolute Gasteiger partial charge is 0.508 e. The van der Waals surface area contributed by atoms with Gasteiger partial charge in [-0.05, 0) is 97.3 Å². The monoisotopic (exact) mass is 624 g/mol. The Labute approximate surface area is 270 Å². The number of phenols is 1. The minimum atomic E-state index is -0.399. The number of nitrogens with zero attached hydrogens (tertiary/aromatic N) is 1. The Balaban J connectivity index is 1.21. The summed E-state index contributed by atoms with van der Waals surface area (Å²) in [6.45, 7) is 6.99. The predicted octanol–water partition coefficient (Wildman–Crippen LogP) is 8.93. The number of anilines is 3. The predicted molar refractivity (Wildman–Crippen MR) is 181 cm³/mol. The number of fused-ring (bicyclic) bond motifs is 3. The molecule has 0 spiro atoms. The molecular formula is C38H41ClN2O4. The number of allylic oxidation sites excluding steroid dienone is 2. The van der Waals surface area contributed by atoms with Gasteiger partial charge >= 0.3 is 0 Å². The molecule has 0 aromatic heterocycles. The van der Waals surface area contributed by atoms with Crippen molar-refractivity contribution < 1.29 is 19.4 Å². The summed E-state index contributed by atoms with van der Waals surface area (Å²) in [7, 11) is 0. The maximum Gasteiger partial charge on any atom is 0.238 e. The van der Waals surface area contributed by atoms with E-state index in [1.165, 1.54) is 21.6 Å². The minimum Gasteiger partial charge on any atom is -0.508 e. The minimum absolute atomic E-state index is 0.0795. The molecule has 0 unspecified atom stereocenters. The molecule has 3 aromatic rings. The highest BCUT2D eigenvalue weighted by molar-refractivity contribution is 6.32. The summed E-state index contributed by atoms with van der Waals surface area (Å²) in [5.41, 5.74) is 7.17. The molecule has 3 aliphatic rings. The number of amides is 2. The second-order valence-electron chi connectivity index (χ2n) is 12.7. The molecule has 7 heteroatoms. The summed E-state index contributed by atoms with van der Waals surface area (Å²) in [5.74, 6) is -0.654. The SMILES string of the molecule is CCC/C(=C\c1ccc(O)cc1Cl)CC[C@H]1OC[C@H]2C1=C(C(C)C)C[C@H]1C(=O)N(c3ccc(Nc4ccccc4)cc3)C(=O)[C@H]12. The zero-order valence-electron chi connectivity index (χ0n) is 26.1. The fourth-order valence-corrected chi connectivity index (χ4v) is 7.58. The maximum atomic E-state index is 14.0. The highest BCUT2D eigenvalue weighted by atomic mass is 35.5. The lowest BCUT2D eigenvalue weighted by Crippen LogP contribution is -2.35. The van der Waals surface area contributed by atoms with Crippen molar-refractivity contribution in [3.05, 3.63) is 100 Å². The van der Waals surface area contributed by atoms with Crippen LogP contribution in [0.2, 0.25) is 5.02 Å². The molecule has 2 fully saturated rings. The first-order chi connectivity index (χ1) is 21.7. The van der Waals surface area contributed by atoms with E-state index >= 15 is 0 Å². The van der Waals surface area contributed by atoms with Crippen LogP contribution in [-0.4, -0.2) is 29.6 Å². The third-order valence-electron chi connectivity index (χ3n) is 9.47. The summed E-state index contributed by atoms with van der Waals surface area (Å²) in [5, 5.41) is 13.7. The van der Waals surface area contributed by atoms with Crippen LogP contribution in [0.15, 0.2) is 89.5 Å². The quantitative estimate of drug-likeness (QED) is 0.174. The molecule has 234 valence electrons. The van der Waals surface area contributed by atoms with Crippen molar-refractivity contribution in [2.45, 2.75) is 59.0 Å². The molecule has 45 heavy (non-hydrogen) atoms. The van der Waals surface area contributed by atoms with Gasteiger partial charge in [0.25, 0.3) is 0 Å². The topological polar surface area (TPSA) is 78.9 Å². The van der Waals surface area contributed by atoms with Crippen LogP contribution in [0.25, 0.3) is 6.08 Å². The van der Waals surface area contributed by atoms with E-state index in [2.05, 4.69) is 32.2 Å². The smallest absolute Gasteiger partial charge is 0.238 e. The number of carbonyl (C=O) groups is 2. The molecule has 1 aliphatic carbocycles. The summed E-state index contributed by atoms with van der Waals surface area (Å²) >= 11 is 6.42. The molecule has 2 heterocycles. The number of hydrogen-bond acceptors (Lipinski definition) is 5. The van der Waals surface area contributed by atoms with E-state index < -0.39 is 5.92 Å². The molecule has 2 aliphatic heterocycles. The van der Waals surface area contributed by atoms with Crippen LogP contribution in [0.3, 0.4) is 0 Å². The number of halogens is 1. The number of para-hydroxylation sites is 1. The highest BCUT2D eigenvalue weighted by Gasteiger charge is 2.57. The van der Waals surface area contributed by atoms with Gasteiger partial charge in [0.2, 0.25) is 11.8 Å². The molecule has 3 aromatic carbocycles. The third-order valence-corrected chi connectivity index (χ3v) is 9.80. The number of benzene rings is 3. The van der Waals surface area contributed by atoms with E-state index in [0.717, 1.165) is 42.6 Å². The number of carbonyl (C=O) groups excluding carboxylic acids is 2. The number of aromatic hydroxyl groups is 1. The Hall–Kier alpha value is -3.87. The second-order valence-corrected chi connectivity index (χ2v) is 13.2. The lowest BCUT2D eigenvalue weighted by molar-refractivity contribution is -0.122. The zero-order chi connectivity index (χ0) is 31.7. The van der Waals surface area contributed by atoms with Crippen molar-refractivity contribution in [1.29, 1.82) is 0 Å². The second kappa shape index (κ2) is 13.2. The molecule has 6 rings (SSSR count). The normalized spacial score (nSPS) is 23.1. The number of rotatable bonds is 10. The lowest BCUT2D eigenvalue weighted by atomic mass is 9.67. The Morgan fingerprint density at radius 2 is 1.73 bits per heavy atom. The van der Waals surface area contributed by atoms with Gasteiger partial charge in [0, 0.05) is 17.3 Å². The van der Waals surface area contributed by atoms with Crippen LogP contribution in [0.5, 0.6) is 5.75 Å². The highest BCUT2D eigenvalue weighted by Crippen LogP contribution is 2.52. The van der Waals surface area contributed by atoms with Gasteiger partial charge in [0.15, 0.2) is 0 Å². The maximum absolute atomic E-state index is 14.0. The standard InChI is InChI=1S/C38H41ClN2O4/c1-4-8-24(19-25-12-17-29(42)20-33(25)39)11-18-34-35-30(23(2)3)21-31-36(32(35)22-45-34)38(44)41(37(31)43)28-15-13-27(14-16-28)40-26-9-6-5-7-10-26/h5-7,9-10,12-17,19-20,23,31-32,34,36,40,42H,4,8,11,18,21-22H2,1-3H3/b24-19+/t31-,32+,34-,36-/m1/s1. The third kappa shape index (κ3) is 6.31. The van der Waals surface area contributed by atoms with Crippen molar-refractivity contribution in [3.8, 4) is 5.75 Å². The van der Waals surface area contributed by atoms with Gasteiger partial charge in [-0.1, -0.05) is 74.2 Å². The first kappa shape index (κ1) is 31.1. The molecule has 4 atom stereocenters. The van der Waals surface area contributed by atoms with Crippen LogP contribution in [-0.2, 0) is 14.3 Å². The average molecular weight is 625 g/mol. The molecule has 2 amide bonds. The van der Waals surface area contributed by atoms with Gasteiger partial charge in [0.05, 0.1) is 35.3 Å². The summed E-state index contributed by atoms with van der Waals surface area (Å²) in [6.07, 6.45) is 6.25. The van der Waals surface area contributed by atoms with Gasteiger partial charge in [-0.25, -0.2) is 0 Å². The van der Waals surface area contributed by atoms with E-state index in [0.29, 0.717) is 23.7 Å². The van der Waals surface area contributed by atoms with Gasteiger partial charge in [-0.15, -0.1) is 0 Å². The average Bonchev–Trinajstić information content (AvgIpc) is 3.55. The first-order valence-corrected chi connectivity index (χ1v) is 16.4. The molecular weight excluding hydrogens is 584 g/mol. The van der Waals surface area contributed by atoms with Crippen molar-refractivity contribution in [2.75, 3.05) is 16.8 Å². The van der Waals surface area contributed by atoms with Crippen LogP contribution in [0.1, 0.15) is 58.4 Å². The number of imide groups is 1. The van der Waals surface area contributed by atoms with Gasteiger partial charge in [-0.3, -0.25) is 14.5 Å². The summed E-state index contributed by atoms with van der Waals surface area (Å²) in [4.78, 5) is 29.3. The lowest BCUT2D eigenvalue weighted by Gasteiger charge is -2.33. The Morgan fingerprint density at radius 3 is 2.42 bits per heavy atom. The van der Waals surface area contributed by atoms with E-state index in [9.17, 15) is 14.7 Å². The fraction of sp³-hybridized carbons (Fsp3) is 0.368. The summed E-state index contributed by atoms with van der Waals surface area (Å²) in [6, 6.07) is 22.5. The van der Waals surface area contributed by atoms with Gasteiger partial charge < -0.3 is 15.2 Å². The number of phenolic OH excluding ortho intramolecular Hbond substituents is 1. The van der Waals surface area contributed by atoms with E-state index in [4.69, 9.17) is 16.3 Å². The Bertz CT molecular complexity index is 1630. The zero-order valence-corrected chi connectivity index (χ0v) is 26.9. The van der Waals surface area contributed by atoms with Crippen molar-refractivity contribution in [1.82, 2.24) is 0 Å². The van der Waals surface area contributed by atoms with E-state index in [-0.39, 0.29) is 41.4 Å². The molecule has 2 saturated heterocycles. The Kier molecular flexibility index (Phi) is 9.16. The van der Waals surface area contributed by atoms with Gasteiger partial charge in [-0.2, -0.15) is 0 Å². The molecule has 0 saturated carbocycles. The number of ether oxygens (including phenoxy) is 1. The van der Waals surface area contributed by atoms with Crippen LogP contribution >= 0.6 is 11.6 Å². The fourth-order valence-electron chi connectivity index (χ4n) is 7.36. The number of hydrogen-bond donors (Lipinski definition) is 2. The van der Waals surface area contributed by atoms with Crippen molar-refractivity contribution >= 4 is 46.6 Å². The molecule has 6 nitrogen and oxygen atoms in total. The van der Waals surface area contributed by atoms with Crippen LogP contribution in [0, 0.1) is 23.7 Å². The van der Waals surface area contributed by atoms with Gasteiger partial charge in [0.1, 0.15) is 5.75 Å². The van der Waals surface area contributed by atoms with Crippen LogP contribution < -0.4 is 10.2 Å².